The number of nitrogens with zero attached hydrogens (tertiary/aromatic N) is 1. The van der Waals surface area contributed by atoms with Gasteiger partial charge < -0.3 is 14.2 Å². The Labute approximate surface area is 154 Å². The van der Waals surface area contributed by atoms with E-state index < -0.39 is 5.41 Å². The van der Waals surface area contributed by atoms with E-state index >= 15 is 0 Å². The molecule has 0 radical (unpaired) electrons. The fourth-order valence-corrected chi connectivity index (χ4v) is 6.44. The van der Waals surface area contributed by atoms with E-state index in [1.54, 1.807) is 7.11 Å². The Hall–Kier alpha value is -2.07. The highest BCUT2D eigenvalue weighted by molar-refractivity contribution is 5.92. The number of para-hydroxylation sites is 1. The number of carbonyl (C=O) groups is 1. The molecule has 1 fully saturated rings. The van der Waals surface area contributed by atoms with Crippen molar-refractivity contribution < 1.29 is 14.0 Å². The van der Waals surface area contributed by atoms with Crippen LogP contribution in [0.15, 0.2) is 35.9 Å². The van der Waals surface area contributed by atoms with Gasteiger partial charge in [0.1, 0.15) is 6.04 Å². The second-order valence-electron chi connectivity index (χ2n) is 8.58. The number of hydrogen-bond donors (Lipinski definition) is 1. The van der Waals surface area contributed by atoms with E-state index in [0.29, 0.717) is 5.92 Å². The number of rotatable bonds is 2. The average Bonchev–Trinajstić information content (AvgIpc) is 3.00. The van der Waals surface area contributed by atoms with Crippen molar-refractivity contribution in [2.45, 2.75) is 37.6 Å². The summed E-state index contributed by atoms with van der Waals surface area (Å²) in [4.78, 5) is 17.1. The van der Waals surface area contributed by atoms with Gasteiger partial charge in [-0.15, -0.1) is 0 Å². The number of methoxy groups -OCH3 is 1. The van der Waals surface area contributed by atoms with Gasteiger partial charge in [-0.2, -0.15) is 0 Å². The number of esters is 1. The van der Waals surface area contributed by atoms with Gasteiger partial charge in [0.15, 0.2) is 5.41 Å². The van der Waals surface area contributed by atoms with Crippen LogP contribution in [0.5, 0.6) is 0 Å². The van der Waals surface area contributed by atoms with Crippen LogP contribution in [0.25, 0.3) is 10.9 Å². The number of carbonyl (C=O) groups excluding carboxylic acids is 1. The third kappa shape index (κ3) is 1.81. The Morgan fingerprint density at radius 1 is 1.38 bits per heavy atom. The van der Waals surface area contributed by atoms with E-state index in [9.17, 15) is 4.79 Å². The highest BCUT2D eigenvalue weighted by Crippen LogP contribution is 2.55. The molecule has 0 spiro atoms. The minimum Gasteiger partial charge on any atom is -0.468 e. The lowest BCUT2D eigenvalue weighted by atomic mass is 9.59. The predicted molar refractivity (Wildman–Crippen MR) is 102 cm³/mol. The summed E-state index contributed by atoms with van der Waals surface area (Å²) in [6.45, 7) is 4.43. The first-order valence-corrected chi connectivity index (χ1v) is 9.77. The molecule has 1 N–H and O–H groups in total. The number of aromatic nitrogens is 1. The minimum absolute atomic E-state index is 0.0645. The Kier molecular flexibility index (Phi) is 3.24. The van der Waals surface area contributed by atoms with E-state index in [-0.39, 0.29) is 12.0 Å². The number of ether oxygens (including phenoxy) is 1. The predicted octanol–water partition coefficient (Wildman–Crippen LogP) is 3.32. The fourth-order valence-electron chi connectivity index (χ4n) is 6.44. The van der Waals surface area contributed by atoms with Gasteiger partial charge in [-0.1, -0.05) is 31.2 Å². The Bertz CT molecular complexity index is 943. The van der Waals surface area contributed by atoms with Gasteiger partial charge in [0.05, 0.1) is 27.2 Å². The van der Waals surface area contributed by atoms with Crippen LogP contribution < -0.4 is 0 Å². The summed E-state index contributed by atoms with van der Waals surface area (Å²) in [6.07, 6.45) is 5.33. The van der Waals surface area contributed by atoms with Crippen molar-refractivity contribution in [3.63, 3.8) is 0 Å². The Balaban J connectivity index is 1.86. The molecule has 1 aromatic carbocycles. The number of likely N-dealkylation sites (N-methyl/N-ethyl adjacent to an activating group) is 1. The zero-order valence-corrected chi connectivity index (χ0v) is 15.8. The van der Waals surface area contributed by atoms with Gasteiger partial charge in [0.25, 0.3) is 0 Å². The zero-order valence-electron chi connectivity index (χ0n) is 15.8. The standard InChI is InChI=1S/C22H27N2O2/c1-4-15-11-14-12-22(21(25)26-3)19-17(9-10-24(2,13-14)20(15)22)16-7-5-6-8-18(16)23-19/h5-8,11,14,20,23H,4,9-10,12-13H2,1-3H3/q+1/t14-,20-,22+,24+/m0/s1. The van der Waals surface area contributed by atoms with Gasteiger partial charge in [-0.25, -0.2) is 0 Å². The van der Waals surface area contributed by atoms with Crippen LogP contribution in [-0.4, -0.2) is 48.7 Å². The largest absolute Gasteiger partial charge is 0.468 e. The molecule has 4 atom stereocenters. The summed E-state index contributed by atoms with van der Waals surface area (Å²) in [5.41, 5.74) is 4.45. The van der Waals surface area contributed by atoms with E-state index in [2.05, 4.69) is 49.3 Å². The summed E-state index contributed by atoms with van der Waals surface area (Å²) in [5, 5.41) is 1.27. The van der Waals surface area contributed by atoms with E-state index in [4.69, 9.17) is 4.74 Å². The number of hydrogen-bond acceptors (Lipinski definition) is 2. The molecule has 0 unspecified atom stereocenters. The fraction of sp³-hybridized carbons (Fsp3) is 0.500. The van der Waals surface area contributed by atoms with E-state index in [1.807, 2.05) is 0 Å². The lowest BCUT2D eigenvalue weighted by Gasteiger charge is -2.57. The van der Waals surface area contributed by atoms with Crippen LogP contribution in [0, 0.1) is 5.92 Å². The minimum atomic E-state index is -0.586. The maximum atomic E-state index is 13.4. The molecule has 2 aromatic rings. The molecule has 4 aliphatic rings. The summed E-state index contributed by atoms with van der Waals surface area (Å²) < 4.78 is 6.42. The monoisotopic (exact) mass is 351 g/mol. The first-order valence-electron chi connectivity index (χ1n) is 9.77. The second kappa shape index (κ2) is 5.23. The van der Waals surface area contributed by atoms with Crippen molar-refractivity contribution in [2.24, 2.45) is 5.92 Å². The van der Waals surface area contributed by atoms with Crippen molar-refractivity contribution in [1.29, 1.82) is 0 Å². The number of aromatic amines is 1. The van der Waals surface area contributed by atoms with Crippen LogP contribution >= 0.6 is 0 Å². The first kappa shape index (κ1) is 16.1. The van der Waals surface area contributed by atoms with Crippen LogP contribution in [0.1, 0.15) is 31.0 Å². The molecule has 6 rings (SSSR count). The van der Waals surface area contributed by atoms with Crippen LogP contribution in [0.4, 0.5) is 0 Å². The summed E-state index contributed by atoms with van der Waals surface area (Å²) in [6, 6.07) is 8.65. The molecule has 26 heavy (non-hydrogen) atoms. The Morgan fingerprint density at radius 3 is 2.96 bits per heavy atom. The Morgan fingerprint density at radius 2 is 2.19 bits per heavy atom. The van der Waals surface area contributed by atoms with Gasteiger partial charge in [-0.3, -0.25) is 4.79 Å². The van der Waals surface area contributed by atoms with Crippen molar-refractivity contribution in [3.05, 3.63) is 47.2 Å². The maximum Gasteiger partial charge on any atom is 0.324 e. The number of piperidine rings is 1. The molecule has 3 aliphatic heterocycles. The highest BCUT2D eigenvalue weighted by atomic mass is 16.5. The van der Waals surface area contributed by atoms with Gasteiger partial charge in [-0.05, 0) is 30.0 Å². The molecule has 4 heterocycles. The number of fused-ring (bicyclic) bond motifs is 3. The third-order valence-corrected chi connectivity index (χ3v) is 7.22. The van der Waals surface area contributed by atoms with Gasteiger partial charge in [0, 0.05) is 28.9 Å². The number of quaternary nitrogens is 1. The maximum absolute atomic E-state index is 13.4. The number of benzene rings is 1. The molecule has 1 aromatic heterocycles. The van der Waals surface area contributed by atoms with Crippen molar-refractivity contribution in [3.8, 4) is 0 Å². The summed E-state index contributed by atoms with van der Waals surface area (Å²) in [5.74, 6) is 0.377. The zero-order chi connectivity index (χ0) is 18.1. The van der Waals surface area contributed by atoms with Crippen LogP contribution in [-0.2, 0) is 21.4 Å². The molecule has 0 amide bonds. The lowest BCUT2D eigenvalue weighted by Crippen LogP contribution is -2.71. The van der Waals surface area contributed by atoms with Crippen molar-refractivity contribution >= 4 is 16.9 Å². The summed E-state index contributed by atoms with van der Waals surface area (Å²) in [7, 11) is 3.90. The molecule has 4 heteroatoms. The van der Waals surface area contributed by atoms with Crippen molar-refractivity contribution in [1.82, 2.24) is 4.98 Å². The smallest absolute Gasteiger partial charge is 0.324 e. The second-order valence-corrected chi connectivity index (χ2v) is 8.58. The van der Waals surface area contributed by atoms with Crippen LogP contribution in [0.2, 0.25) is 0 Å². The molecule has 4 bridgehead atoms. The lowest BCUT2D eigenvalue weighted by molar-refractivity contribution is -0.941. The van der Waals surface area contributed by atoms with Gasteiger partial charge in [0.2, 0.25) is 0 Å². The highest BCUT2D eigenvalue weighted by Gasteiger charge is 2.66. The molecule has 0 saturated carbocycles. The SMILES string of the molecule is CCC1=C[C@H]2C[C@@]3(C(=O)OC)c4[nH]c5ccccc5c4CC[N@+](C)(C2)[C@@H]13. The first-order chi connectivity index (χ1) is 12.5. The van der Waals surface area contributed by atoms with E-state index in [0.717, 1.165) is 48.0 Å². The number of nitrogens with one attached hydrogen (secondary N) is 1. The molecular formula is C22H27N2O2+. The molecule has 1 saturated heterocycles. The van der Waals surface area contributed by atoms with E-state index in [1.165, 1.54) is 16.5 Å². The molecular weight excluding hydrogens is 324 g/mol. The van der Waals surface area contributed by atoms with Crippen molar-refractivity contribution in [2.75, 3.05) is 27.2 Å². The average molecular weight is 351 g/mol. The number of H-pyrrole nitrogens is 1. The molecule has 4 nitrogen and oxygen atoms in total. The molecule has 1 aliphatic carbocycles. The van der Waals surface area contributed by atoms with Crippen LogP contribution in [0.3, 0.4) is 0 Å². The summed E-state index contributed by atoms with van der Waals surface area (Å²) >= 11 is 0. The van der Waals surface area contributed by atoms with Gasteiger partial charge >= 0.3 is 5.97 Å². The topological polar surface area (TPSA) is 42.1 Å². The molecule has 136 valence electrons. The quantitative estimate of drug-likeness (QED) is 0.512. The normalized spacial score (nSPS) is 35.0. The third-order valence-electron chi connectivity index (χ3n) is 7.22.